The van der Waals surface area contributed by atoms with Gasteiger partial charge in [-0.3, -0.25) is 4.79 Å². The second-order valence-corrected chi connectivity index (χ2v) is 5.74. The van der Waals surface area contributed by atoms with E-state index in [0.717, 1.165) is 5.56 Å². The average molecular weight is 366 g/mol. The maximum atomic E-state index is 12.4. The number of nitrogens with zero attached hydrogens (tertiary/aromatic N) is 2. The number of esters is 1. The SMILES string of the molecule is CCOc1cc(-c2n[nH]nc2C(N)=O)ccc1OC(=O)c1cccc(C)c1. The largest absolute Gasteiger partial charge is 0.490 e. The van der Waals surface area contributed by atoms with E-state index >= 15 is 0 Å². The Hall–Kier alpha value is -3.68. The van der Waals surface area contributed by atoms with Crippen LogP contribution in [-0.2, 0) is 0 Å². The second kappa shape index (κ2) is 7.69. The van der Waals surface area contributed by atoms with Crippen molar-refractivity contribution in [3.05, 3.63) is 59.3 Å². The predicted molar refractivity (Wildman–Crippen MR) is 97.6 cm³/mol. The molecule has 1 heterocycles. The summed E-state index contributed by atoms with van der Waals surface area (Å²) in [4.78, 5) is 23.9. The van der Waals surface area contributed by atoms with Crippen LogP contribution in [0.2, 0.25) is 0 Å². The van der Waals surface area contributed by atoms with Gasteiger partial charge in [0.2, 0.25) is 0 Å². The number of hydrogen-bond donors (Lipinski definition) is 2. The van der Waals surface area contributed by atoms with E-state index in [2.05, 4.69) is 15.4 Å². The fourth-order valence-corrected chi connectivity index (χ4v) is 2.54. The van der Waals surface area contributed by atoms with Gasteiger partial charge in [-0.1, -0.05) is 17.7 Å². The molecule has 0 aliphatic carbocycles. The van der Waals surface area contributed by atoms with E-state index in [1.165, 1.54) is 0 Å². The van der Waals surface area contributed by atoms with Crippen LogP contribution >= 0.6 is 0 Å². The van der Waals surface area contributed by atoms with Gasteiger partial charge in [0.15, 0.2) is 17.2 Å². The van der Waals surface area contributed by atoms with Crippen LogP contribution in [0.3, 0.4) is 0 Å². The van der Waals surface area contributed by atoms with Crippen molar-refractivity contribution in [1.82, 2.24) is 15.4 Å². The van der Waals surface area contributed by atoms with E-state index in [1.54, 1.807) is 36.4 Å². The van der Waals surface area contributed by atoms with E-state index in [9.17, 15) is 9.59 Å². The van der Waals surface area contributed by atoms with Crippen LogP contribution in [0.4, 0.5) is 0 Å². The summed E-state index contributed by atoms with van der Waals surface area (Å²) in [6.07, 6.45) is 0. The van der Waals surface area contributed by atoms with Gasteiger partial charge in [-0.25, -0.2) is 4.79 Å². The van der Waals surface area contributed by atoms with Crippen molar-refractivity contribution in [2.45, 2.75) is 13.8 Å². The van der Waals surface area contributed by atoms with Crippen molar-refractivity contribution >= 4 is 11.9 Å². The molecule has 0 saturated heterocycles. The molecule has 0 saturated carbocycles. The standard InChI is InChI=1S/C19H18N4O4/c1-3-26-15-10-12(16-17(18(20)24)22-23-21-16)7-8-14(15)27-19(25)13-6-4-5-11(2)9-13/h4-10H,3H2,1-2H3,(H2,20,24)(H,21,22,23). The highest BCUT2D eigenvalue weighted by Crippen LogP contribution is 2.33. The number of amides is 1. The van der Waals surface area contributed by atoms with Crippen LogP contribution in [0.15, 0.2) is 42.5 Å². The highest BCUT2D eigenvalue weighted by atomic mass is 16.6. The zero-order valence-corrected chi connectivity index (χ0v) is 14.9. The van der Waals surface area contributed by atoms with Crippen molar-refractivity contribution in [3.63, 3.8) is 0 Å². The Labute approximate surface area is 155 Å². The number of carbonyl (C=O) groups is 2. The van der Waals surface area contributed by atoms with Crippen molar-refractivity contribution in [2.75, 3.05) is 6.61 Å². The minimum absolute atomic E-state index is 0.0157. The molecule has 8 nitrogen and oxygen atoms in total. The van der Waals surface area contributed by atoms with Gasteiger partial charge in [-0.15, -0.1) is 0 Å². The topological polar surface area (TPSA) is 120 Å². The van der Waals surface area contributed by atoms with Crippen molar-refractivity contribution in [1.29, 1.82) is 0 Å². The molecule has 0 radical (unpaired) electrons. The first-order valence-corrected chi connectivity index (χ1v) is 8.26. The Morgan fingerprint density at radius 3 is 2.63 bits per heavy atom. The molecule has 0 spiro atoms. The first-order valence-electron chi connectivity index (χ1n) is 8.26. The first-order chi connectivity index (χ1) is 13.0. The molecule has 0 unspecified atom stereocenters. The molecule has 3 rings (SSSR count). The Bertz CT molecular complexity index is 997. The molecule has 0 bridgehead atoms. The number of primary amides is 1. The number of aromatic nitrogens is 3. The number of nitrogens with one attached hydrogen (secondary N) is 1. The van der Waals surface area contributed by atoms with Crippen LogP contribution in [0.5, 0.6) is 11.5 Å². The molecule has 0 aliphatic heterocycles. The van der Waals surface area contributed by atoms with Crippen LogP contribution in [0, 0.1) is 6.92 Å². The quantitative estimate of drug-likeness (QED) is 0.511. The minimum Gasteiger partial charge on any atom is -0.490 e. The molecule has 2 aromatic carbocycles. The van der Waals surface area contributed by atoms with Crippen LogP contribution in [-0.4, -0.2) is 33.9 Å². The zero-order chi connectivity index (χ0) is 19.4. The van der Waals surface area contributed by atoms with Crippen molar-refractivity contribution < 1.29 is 19.1 Å². The summed E-state index contributed by atoms with van der Waals surface area (Å²) < 4.78 is 11.1. The maximum Gasteiger partial charge on any atom is 0.343 e. The Morgan fingerprint density at radius 2 is 1.93 bits per heavy atom. The van der Waals surface area contributed by atoms with Gasteiger partial charge >= 0.3 is 5.97 Å². The molecule has 0 atom stereocenters. The molecule has 0 aliphatic rings. The highest BCUT2D eigenvalue weighted by molar-refractivity contribution is 5.97. The van der Waals surface area contributed by atoms with E-state index in [1.807, 2.05) is 19.9 Å². The van der Waals surface area contributed by atoms with Crippen LogP contribution in [0.1, 0.15) is 33.3 Å². The first kappa shape index (κ1) is 18.1. The fraction of sp³-hybridized carbons (Fsp3) is 0.158. The Kier molecular flexibility index (Phi) is 5.16. The summed E-state index contributed by atoms with van der Waals surface area (Å²) in [7, 11) is 0. The third-order valence-electron chi connectivity index (χ3n) is 3.75. The average Bonchev–Trinajstić information content (AvgIpc) is 3.13. The lowest BCUT2D eigenvalue weighted by Crippen LogP contribution is -2.13. The summed E-state index contributed by atoms with van der Waals surface area (Å²) in [5.41, 5.74) is 7.56. The van der Waals surface area contributed by atoms with Gasteiger partial charge in [-0.2, -0.15) is 15.4 Å². The summed E-state index contributed by atoms with van der Waals surface area (Å²) in [6.45, 7) is 4.06. The van der Waals surface area contributed by atoms with Gasteiger partial charge in [0.25, 0.3) is 5.91 Å². The van der Waals surface area contributed by atoms with Gasteiger partial charge in [-0.05, 0) is 44.2 Å². The van der Waals surface area contributed by atoms with Crippen LogP contribution < -0.4 is 15.2 Å². The van der Waals surface area contributed by atoms with E-state index in [0.29, 0.717) is 29.2 Å². The molecule has 1 aromatic heterocycles. The van der Waals surface area contributed by atoms with Gasteiger partial charge in [0.1, 0.15) is 5.69 Å². The maximum absolute atomic E-state index is 12.4. The molecule has 27 heavy (non-hydrogen) atoms. The van der Waals surface area contributed by atoms with Gasteiger partial charge < -0.3 is 15.2 Å². The smallest absolute Gasteiger partial charge is 0.343 e. The van der Waals surface area contributed by atoms with E-state index < -0.39 is 11.9 Å². The number of benzene rings is 2. The molecular formula is C19H18N4O4. The molecule has 8 heteroatoms. The molecule has 138 valence electrons. The predicted octanol–water partition coefficient (Wildman–Crippen LogP) is 2.50. The lowest BCUT2D eigenvalue weighted by atomic mass is 10.1. The van der Waals surface area contributed by atoms with Crippen molar-refractivity contribution in [3.8, 4) is 22.8 Å². The van der Waals surface area contributed by atoms with Crippen molar-refractivity contribution in [2.24, 2.45) is 5.73 Å². The molecule has 3 N–H and O–H groups in total. The number of H-pyrrole nitrogens is 1. The minimum atomic E-state index is -0.702. The van der Waals surface area contributed by atoms with Gasteiger partial charge in [0, 0.05) is 5.56 Å². The van der Waals surface area contributed by atoms with Crippen LogP contribution in [0.25, 0.3) is 11.3 Å². The number of carbonyl (C=O) groups excluding carboxylic acids is 2. The number of rotatable bonds is 6. The lowest BCUT2D eigenvalue weighted by molar-refractivity contribution is 0.0728. The number of nitrogens with two attached hydrogens (primary N) is 1. The van der Waals surface area contributed by atoms with E-state index in [4.69, 9.17) is 15.2 Å². The monoisotopic (exact) mass is 366 g/mol. The fourth-order valence-electron chi connectivity index (χ4n) is 2.54. The summed E-state index contributed by atoms with van der Waals surface area (Å²) in [6, 6.07) is 11.9. The van der Waals surface area contributed by atoms with Gasteiger partial charge in [0.05, 0.1) is 12.2 Å². The molecule has 3 aromatic rings. The normalized spacial score (nSPS) is 10.4. The Balaban J connectivity index is 1.93. The lowest BCUT2D eigenvalue weighted by Gasteiger charge is -2.12. The molecule has 0 fully saturated rings. The number of ether oxygens (including phenoxy) is 2. The second-order valence-electron chi connectivity index (χ2n) is 5.74. The molecule has 1 amide bonds. The third kappa shape index (κ3) is 3.95. The zero-order valence-electron chi connectivity index (χ0n) is 14.9. The Morgan fingerprint density at radius 1 is 1.11 bits per heavy atom. The number of aromatic amines is 1. The number of hydrogen-bond acceptors (Lipinski definition) is 6. The number of aryl methyl sites for hydroxylation is 1. The summed E-state index contributed by atoms with van der Waals surface area (Å²) in [5, 5.41) is 10.1. The summed E-state index contributed by atoms with van der Waals surface area (Å²) in [5.74, 6) is -0.594. The molecular weight excluding hydrogens is 348 g/mol. The third-order valence-corrected chi connectivity index (χ3v) is 3.75. The van der Waals surface area contributed by atoms with E-state index in [-0.39, 0.29) is 11.4 Å². The highest BCUT2D eigenvalue weighted by Gasteiger charge is 2.19. The summed E-state index contributed by atoms with van der Waals surface area (Å²) >= 11 is 0.